The summed E-state index contributed by atoms with van der Waals surface area (Å²) in [7, 11) is 0. The van der Waals surface area contributed by atoms with Crippen LogP contribution in [0.4, 0.5) is 0 Å². The highest BCUT2D eigenvalue weighted by Crippen LogP contribution is 2.18. The minimum absolute atomic E-state index is 0. The van der Waals surface area contributed by atoms with Crippen LogP contribution in [0.15, 0.2) is 47.7 Å². The van der Waals surface area contributed by atoms with Crippen LogP contribution in [0.25, 0.3) is 0 Å². The molecule has 2 aromatic rings. The van der Waals surface area contributed by atoms with E-state index in [1.807, 2.05) is 29.1 Å². The summed E-state index contributed by atoms with van der Waals surface area (Å²) in [5.41, 5.74) is 2.33. The Balaban J connectivity index is 0.00000261. The SMILES string of the molecule is CCNC(=NCc1cnn(Cc2ccccc2)c1)NC1CCC(O)CC1.I. The largest absolute Gasteiger partial charge is 0.393 e. The van der Waals surface area contributed by atoms with Crippen molar-refractivity contribution in [3.05, 3.63) is 53.9 Å². The number of hydrogen-bond acceptors (Lipinski definition) is 3. The number of rotatable bonds is 6. The van der Waals surface area contributed by atoms with Gasteiger partial charge in [0, 0.05) is 24.3 Å². The van der Waals surface area contributed by atoms with Gasteiger partial charge in [-0.3, -0.25) is 4.68 Å². The van der Waals surface area contributed by atoms with Crippen LogP contribution in [0.2, 0.25) is 0 Å². The maximum absolute atomic E-state index is 9.64. The molecule has 3 rings (SSSR count). The predicted octanol–water partition coefficient (Wildman–Crippen LogP) is 2.91. The highest BCUT2D eigenvalue weighted by atomic mass is 127. The Morgan fingerprint density at radius 1 is 1.19 bits per heavy atom. The molecule has 1 fully saturated rings. The molecule has 3 N–H and O–H groups in total. The van der Waals surface area contributed by atoms with Crippen LogP contribution in [0.1, 0.15) is 43.7 Å². The number of aliphatic imine (C=N–C) groups is 1. The zero-order valence-corrected chi connectivity index (χ0v) is 18.2. The van der Waals surface area contributed by atoms with E-state index in [0.717, 1.165) is 50.3 Å². The fraction of sp³-hybridized carbons (Fsp3) is 0.500. The molecule has 0 saturated heterocycles. The summed E-state index contributed by atoms with van der Waals surface area (Å²) in [6.45, 7) is 4.26. The lowest BCUT2D eigenvalue weighted by Gasteiger charge is -2.27. The number of hydrogen-bond donors (Lipinski definition) is 3. The fourth-order valence-electron chi connectivity index (χ4n) is 3.25. The molecule has 7 heteroatoms. The van der Waals surface area contributed by atoms with Crippen molar-refractivity contribution in [2.45, 2.75) is 57.8 Å². The van der Waals surface area contributed by atoms with Gasteiger partial charge in [0.25, 0.3) is 0 Å². The summed E-state index contributed by atoms with van der Waals surface area (Å²) in [5, 5.41) is 20.9. The lowest BCUT2D eigenvalue weighted by molar-refractivity contribution is 0.120. The molecule has 1 aromatic heterocycles. The lowest BCUT2D eigenvalue weighted by atomic mass is 9.93. The second-order valence-corrected chi connectivity index (χ2v) is 6.88. The predicted molar refractivity (Wildman–Crippen MR) is 119 cm³/mol. The van der Waals surface area contributed by atoms with Crippen LogP contribution in [-0.4, -0.2) is 39.5 Å². The van der Waals surface area contributed by atoms with Gasteiger partial charge in [-0.15, -0.1) is 24.0 Å². The van der Waals surface area contributed by atoms with E-state index >= 15 is 0 Å². The normalized spacial score (nSPS) is 20.0. The van der Waals surface area contributed by atoms with E-state index in [2.05, 4.69) is 41.0 Å². The number of nitrogens with zero attached hydrogens (tertiary/aromatic N) is 3. The van der Waals surface area contributed by atoms with Crippen molar-refractivity contribution in [1.82, 2.24) is 20.4 Å². The molecule has 0 atom stereocenters. The zero-order valence-electron chi connectivity index (χ0n) is 15.8. The Hall–Kier alpha value is -1.61. The minimum Gasteiger partial charge on any atom is -0.393 e. The maximum Gasteiger partial charge on any atom is 0.191 e. The van der Waals surface area contributed by atoms with Crippen molar-refractivity contribution in [3.63, 3.8) is 0 Å². The summed E-state index contributed by atoms with van der Waals surface area (Å²) in [6, 6.07) is 10.7. The van der Waals surface area contributed by atoms with Gasteiger partial charge in [-0.1, -0.05) is 30.3 Å². The number of halogens is 1. The molecule has 0 spiro atoms. The standard InChI is InChI=1S/C20H29N5O.HI/c1-2-21-20(24-18-8-10-19(26)11-9-18)22-12-17-13-23-25(15-17)14-16-6-4-3-5-7-16;/h3-7,13,15,18-19,26H,2,8-12,14H2,1H3,(H2,21,22,24);1H. The first kappa shape index (κ1) is 21.7. The van der Waals surface area contributed by atoms with Crippen molar-refractivity contribution in [1.29, 1.82) is 0 Å². The number of benzene rings is 1. The maximum atomic E-state index is 9.64. The van der Waals surface area contributed by atoms with Gasteiger partial charge >= 0.3 is 0 Å². The van der Waals surface area contributed by atoms with E-state index in [-0.39, 0.29) is 30.1 Å². The first-order valence-corrected chi connectivity index (χ1v) is 9.51. The molecule has 148 valence electrons. The molecule has 6 nitrogen and oxygen atoms in total. The van der Waals surface area contributed by atoms with E-state index in [0.29, 0.717) is 12.6 Å². The lowest BCUT2D eigenvalue weighted by Crippen LogP contribution is -2.45. The van der Waals surface area contributed by atoms with Gasteiger partial charge in [0.1, 0.15) is 0 Å². The van der Waals surface area contributed by atoms with Crippen molar-refractivity contribution in [2.75, 3.05) is 6.54 Å². The third kappa shape index (κ3) is 7.14. The quantitative estimate of drug-likeness (QED) is 0.336. The zero-order chi connectivity index (χ0) is 18.2. The summed E-state index contributed by atoms with van der Waals surface area (Å²) >= 11 is 0. The smallest absolute Gasteiger partial charge is 0.191 e. The monoisotopic (exact) mass is 483 g/mol. The van der Waals surface area contributed by atoms with Gasteiger partial charge in [-0.25, -0.2) is 4.99 Å². The number of nitrogens with one attached hydrogen (secondary N) is 2. The van der Waals surface area contributed by atoms with Gasteiger partial charge in [0.2, 0.25) is 0 Å². The van der Waals surface area contributed by atoms with Crippen molar-refractivity contribution < 1.29 is 5.11 Å². The average molecular weight is 483 g/mol. The highest BCUT2D eigenvalue weighted by Gasteiger charge is 2.19. The second kappa shape index (κ2) is 11.3. The number of aliphatic hydroxyl groups excluding tert-OH is 1. The summed E-state index contributed by atoms with van der Waals surface area (Å²) in [6.07, 6.45) is 7.50. The van der Waals surface area contributed by atoms with E-state index < -0.39 is 0 Å². The number of aliphatic hydroxyl groups is 1. The van der Waals surface area contributed by atoms with E-state index in [1.54, 1.807) is 0 Å². The van der Waals surface area contributed by atoms with Crippen LogP contribution >= 0.6 is 24.0 Å². The molecular weight excluding hydrogens is 453 g/mol. The first-order chi connectivity index (χ1) is 12.7. The molecular formula is C20H30IN5O. The van der Waals surface area contributed by atoms with Gasteiger partial charge in [-0.2, -0.15) is 5.10 Å². The van der Waals surface area contributed by atoms with Gasteiger partial charge in [0.15, 0.2) is 5.96 Å². The molecule has 1 aliphatic rings. The Labute approximate surface area is 178 Å². The topological polar surface area (TPSA) is 74.5 Å². The molecule has 1 saturated carbocycles. The molecule has 0 amide bonds. The Kier molecular flexibility index (Phi) is 9.06. The third-order valence-corrected chi connectivity index (χ3v) is 4.68. The van der Waals surface area contributed by atoms with Crippen molar-refractivity contribution in [2.24, 2.45) is 4.99 Å². The molecule has 0 aliphatic heterocycles. The summed E-state index contributed by atoms with van der Waals surface area (Å²) in [5.74, 6) is 0.838. The summed E-state index contributed by atoms with van der Waals surface area (Å²) < 4.78 is 1.95. The molecule has 0 radical (unpaired) electrons. The number of guanidine groups is 1. The second-order valence-electron chi connectivity index (χ2n) is 6.88. The minimum atomic E-state index is -0.136. The highest BCUT2D eigenvalue weighted by molar-refractivity contribution is 14.0. The fourth-order valence-corrected chi connectivity index (χ4v) is 3.25. The molecule has 1 heterocycles. The van der Waals surface area contributed by atoms with Crippen molar-refractivity contribution >= 4 is 29.9 Å². The van der Waals surface area contributed by atoms with Crippen LogP contribution < -0.4 is 10.6 Å². The third-order valence-electron chi connectivity index (χ3n) is 4.68. The van der Waals surface area contributed by atoms with Crippen molar-refractivity contribution in [3.8, 4) is 0 Å². The molecule has 1 aliphatic carbocycles. The van der Waals surface area contributed by atoms with Crippen LogP contribution in [0.5, 0.6) is 0 Å². The van der Waals surface area contributed by atoms with Crippen LogP contribution in [-0.2, 0) is 13.1 Å². The molecule has 27 heavy (non-hydrogen) atoms. The van der Waals surface area contributed by atoms with Gasteiger partial charge in [-0.05, 0) is 38.2 Å². The van der Waals surface area contributed by atoms with E-state index in [1.165, 1.54) is 5.56 Å². The van der Waals surface area contributed by atoms with Gasteiger partial charge < -0.3 is 15.7 Å². The van der Waals surface area contributed by atoms with E-state index in [4.69, 9.17) is 4.99 Å². The Morgan fingerprint density at radius 3 is 2.63 bits per heavy atom. The van der Waals surface area contributed by atoms with Crippen LogP contribution in [0, 0.1) is 0 Å². The Morgan fingerprint density at radius 2 is 1.93 bits per heavy atom. The van der Waals surface area contributed by atoms with Gasteiger partial charge in [0.05, 0.1) is 25.4 Å². The molecule has 1 aromatic carbocycles. The first-order valence-electron chi connectivity index (χ1n) is 9.51. The Bertz CT molecular complexity index is 695. The molecule has 0 bridgehead atoms. The number of aromatic nitrogens is 2. The molecule has 0 unspecified atom stereocenters. The average Bonchev–Trinajstić information content (AvgIpc) is 3.10. The van der Waals surface area contributed by atoms with E-state index in [9.17, 15) is 5.11 Å². The van der Waals surface area contributed by atoms with Crippen LogP contribution in [0.3, 0.4) is 0 Å². The summed E-state index contributed by atoms with van der Waals surface area (Å²) in [4.78, 5) is 4.70.